The Bertz CT molecular complexity index is 846. The number of nitrogens with zero attached hydrogens (tertiary/aromatic N) is 1. The van der Waals surface area contributed by atoms with Gasteiger partial charge < -0.3 is 10.2 Å². The predicted octanol–water partition coefficient (Wildman–Crippen LogP) is 5.54. The van der Waals surface area contributed by atoms with Crippen molar-refractivity contribution in [2.24, 2.45) is 0 Å². The second-order valence-corrected chi connectivity index (χ2v) is 9.41. The van der Waals surface area contributed by atoms with Gasteiger partial charge in [0.15, 0.2) is 0 Å². The summed E-state index contributed by atoms with van der Waals surface area (Å²) >= 11 is 4.94. The summed E-state index contributed by atoms with van der Waals surface area (Å²) in [6.45, 7) is 6.13. The number of hydrogen-bond acceptors (Lipinski definition) is 3. The lowest BCUT2D eigenvalue weighted by molar-refractivity contribution is -0.139. The first kappa shape index (κ1) is 25.4. The molecule has 168 valence electrons. The molecule has 7 heteroatoms. The summed E-state index contributed by atoms with van der Waals surface area (Å²) in [5, 5.41) is 2.99. The number of benzene rings is 2. The first-order chi connectivity index (χ1) is 14.8. The van der Waals surface area contributed by atoms with Crippen LogP contribution in [0.25, 0.3) is 0 Å². The van der Waals surface area contributed by atoms with Gasteiger partial charge in [0.2, 0.25) is 11.8 Å². The van der Waals surface area contributed by atoms with Crippen LogP contribution in [0.2, 0.25) is 0 Å². The number of carbonyl (C=O) groups excluding carboxylic acids is 2. The molecule has 0 radical (unpaired) electrons. The Labute approximate surface area is 197 Å². The van der Waals surface area contributed by atoms with Crippen molar-refractivity contribution in [1.29, 1.82) is 0 Å². The van der Waals surface area contributed by atoms with Gasteiger partial charge in [0.05, 0.1) is 5.75 Å². The van der Waals surface area contributed by atoms with E-state index < -0.39 is 6.04 Å². The van der Waals surface area contributed by atoms with Crippen LogP contribution in [0.3, 0.4) is 0 Å². The highest BCUT2D eigenvalue weighted by molar-refractivity contribution is 9.10. The van der Waals surface area contributed by atoms with Crippen LogP contribution in [0.5, 0.6) is 0 Å². The van der Waals surface area contributed by atoms with Crippen molar-refractivity contribution in [3.05, 3.63) is 69.9 Å². The Hall–Kier alpha value is -1.86. The maximum atomic E-state index is 13.3. The number of nitrogens with one attached hydrogen (secondary N) is 1. The minimum Gasteiger partial charge on any atom is -0.352 e. The SMILES string of the molecule is CC[C@@H](C)NC(=O)[C@H](CC)N(Cc1ccc(F)cc1)C(=O)CSCc1ccc(Br)cc1. The Kier molecular flexibility index (Phi) is 10.5. The summed E-state index contributed by atoms with van der Waals surface area (Å²) < 4.78 is 14.3. The molecule has 0 unspecified atom stereocenters. The highest BCUT2D eigenvalue weighted by Gasteiger charge is 2.29. The lowest BCUT2D eigenvalue weighted by Gasteiger charge is -2.31. The van der Waals surface area contributed by atoms with Gasteiger partial charge in [-0.2, -0.15) is 0 Å². The predicted molar refractivity (Wildman–Crippen MR) is 129 cm³/mol. The van der Waals surface area contributed by atoms with Gasteiger partial charge in [0.25, 0.3) is 0 Å². The summed E-state index contributed by atoms with van der Waals surface area (Å²) in [4.78, 5) is 27.7. The van der Waals surface area contributed by atoms with Crippen LogP contribution in [0, 0.1) is 5.82 Å². The van der Waals surface area contributed by atoms with E-state index in [9.17, 15) is 14.0 Å². The molecule has 2 amide bonds. The van der Waals surface area contributed by atoms with E-state index in [1.54, 1.807) is 17.0 Å². The van der Waals surface area contributed by atoms with Crippen molar-refractivity contribution in [2.75, 3.05) is 5.75 Å². The van der Waals surface area contributed by atoms with Crippen molar-refractivity contribution in [3.63, 3.8) is 0 Å². The molecule has 2 atom stereocenters. The van der Waals surface area contributed by atoms with E-state index in [2.05, 4.69) is 21.2 Å². The number of rotatable bonds is 11. The third-order valence-electron chi connectivity index (χ3n) is 5.06. The standard InChI is InChI=1S/C24H30BrFN2O2S/c1-4-17(3)27-24(30)22(5-2)28(14-18-8-12-21(26)13-9-18)23(29)16-31-15-19-6-10-20(25)11-7-19/h6-13,17,22H,4-5,14-16H2,1-3H3,(H,27,30)/t17-,22+/m1/s1. The Balaban J connectivity index is 2.12. The molecule has 0 spiro atoms. The average Bonchev–Trinajstić information content (AvgIpc) is 2.76. The van der Waals surface area contributed by atoms with Crippen LogP contribution in [0.15, 0.2) is 53.0 Å². The first-order valence-electron chi connectivity index (χ1n) is 10.5. The van der Waals surface area contributed by atoms with Crippen molar-refractivity contribution >= 4 is 39.5 Å². The van der Waals surface area contributed by atoms with Gasteiger partial charge in [0, 0.05) is 22.8 Å². The third-order valence-corrected chi connectivity index (χ3v) is 6.58. The minimum atomic E-state index is -0.570. The van der Waals surface area contributed by atoms with Gasteiger partial charge in [-0.1, -0.05) is 54.0 Å². The number of amides is 2. The number of halogens is 2. The van der Waals surface area contributed by atoms with E-state index in [0.29, 0.717) is 12.2 Å². The van der Waals surface area contributed by atoms with Crippen LogP contribution in [-0.4, -0.2) is 34.6 Å². The molecule has 0 aliphatic heterocycles. The third kappa shape index (κ3) is 8.30. The van der Waals surface area contributed by atoms with Gasteiger partial charge in [-0.15, -0.1) is 11.8 Å². The number of carbonyl (C=O) groups is 2. The van der Waals surface area contributed by atoms with Gasteiger partial charge in [0.1, 0.15) is 11.9 Å². The van der Waals surface area contributed by atoms with E-state index in [4.69, 9.17) is 0 Å². The van der Waals surface area contributed by atoms with E-state index in [-0.39, 0.29) is 36.0 Å². The average molecular weight is 509 g/mol. The fourth-order valence-corrected chi connectivity index (χ4v) is 4.20. The normalized spacial score (nSPS) is 12.8. The summed E-state index contributed by atoms with van der Waals surface area (Å²) in [7, 11) is 0. The molecule has 1 N–H and O–H groups in total. The van der Waals surface area contributed by atoms with Crippen molar-refractivity contribution < 1.29 is 14.0 Å². The zero-order valence-corrected chi connectivity index (χ0v) is 20.6. The second-order valence-electron chi connectivity index (χ2n) is 7.51. The van der Waals surface area contributed by atoms with Crippen molar-refractivity contribution in [1.82, 2.24) is 10.2 Å². The summed E-state index contributed by atoms with van der Waals surface area (Å²) in [5.74, 6) is 0.403. The zero-order valence-electron chi connectivity index (χ0n) is 18.2. The Morgan fingerprint density at radius 3 is 2.23 bits per heavy atom. The lowest BCUT2D eigenvalue weighted by Crippen LogP contribution is -2.51. The lowest BCUT2D eigenvalue weighted by atomic mass is 10.1. The fourth-order valence-electron chi connectivity index (χ4n) is 3.07. The summed E-state index contributed by atoms with van der Waals surface area (Å²) in [6.07, 6.45) is 1.32. The molecule has 0 aliphatic carbocycles. The van der Waals surface area contributed by atoms with E-state index in [0.717, 1.165) is 22.0 Å². The van der Waals surface area contributed by atoms with Gasteiger partial charge >= 0.3 is 0 Å². The van der Waals surface area contributed by atoms with Crippen LogP contribution >= 0.6 is 27.7 Å². The summed E-state index contributed by atoms with van der Waals surface area (Å²) in [5.41, 5.74) is 1.93. The van der Waals surface area contributed by atoms with Gasteiger partial charge in [-0.3, -0.25) is 9.59 Å². The zero-order chi connectivity index (χ0) is 22.8. The maximum absolute atomic E-state index is 13.3. The van der Waals surface area contributed by atoms with Crippen molar-refractivity contribution in [3.8, 4) is 0 Å². The molecule has 0 aromatic heterocycles. The van der Waals surface area contributed by atoms with Crippen LogP contribution in [0.1, 0.15) is 44.7 Å². The molecule has 2 aromatic rings. The molecule has 0 saturated heterocycles. The fraction of sp³-hybridized carbons (Fsp3) is 0.417. The largest absolute Gasteiger partial charge is 0.352 e. The molecular formula is C24H30BrFN2O2S. The Morgan fingerprint density at radius 1 is 1.03 bits per heavy atom. The molecule has 31 heavy (non-hydrogen) atoms. The maximum Gasteiger partial charge on any atom is 0.243 e. The molecule has 0 fully saturated rings. The van der Waals surface area contributed by atoms with Gasteiger partial charge in [-0.05, 0) is 55.2 Å². The minimum absolute atomic E-state index is 0.0381. The highest BCUT2D eigenvalue weighted by Crippen LogP contribution is 2.19. The highest BCUT2D eigenvalue weighted by atomic mass is 79.9. The first-order valence-corrected chi connectivity index (χ1v) is 12.4. The topological polar surface area (TPSA) is 49.4 Å². The van der Waals surface area contributed by atoms with E-state index >= 15 is 0 Å². The van der Waals surface area contributed by atoms with Crippen LogP contribution in [-0.2, 0) is 21.9 Å². The monoisotopic (exact) mass is 508 g/mol. The Morgan fingerprint density at radius 2 is 1.65 bits per heavy atom. The van der Waals surface area contributed by atoms with Crippen LogP contribution < -0.4 is 5.32 Å². The molecule has 0 saturated carbocycles. The molecular weight excluding hydrogens is 479 g/mol. The molecule has 4 nitrogen and oxygen atoms in total. The molecule has 0 bridgehead atoms. The summed E-state index contributed by atoms with van der Waals surface area (Å²) in [6, 6.07) is 13.5. The van der Waals surface area contributed by atoms with E-state index in [1.165, 1.54) is 23.9 Å². The van der Waals surface area contributed by atoms with E-state index in [1.807, 2.05) is 45.0 Å². The molecule has 2 aromatic carbocycles. The molecule has 2 rings (SSSR count). The second kappa shape index (κ2) is 12.9. The van der Waals surface area contributed by atoms with Gasteiger partial charge in [-0.25, -0.2) is 4.39 Å². The smallest absolute Gasteiger partial charge is 0.243 e. The number of hydrogen-bond donors (Lipinski definition) is 1. The molecule has 0 aliphatic rings. The van der Waals surface area contributed by atoms with Crippen LogP contribution in [0.4, 0.5) is 4.39 Å². The molecule has 0 heterocycles. The van der Waals surface area contributed by atoms with Crippen molar-refractivity contribution in [2.45, 2.75) is 58.0 Å². The number of thioether (sulfide) groups is 1. The quantitative estimate of drug-likeness (QED) is 0.433.